The first-order chi connectivity index (χ1) is 13.0. The fraction of sp³-hybridized carbons (Fsp3) is 0.421. The molecule has 0 radical (unpaired) electrons. The molecule has 8 heteroatoms. The third kappa shape index (κ3) is 4.21. The Morgan fingerprint density at radius 3 is 2.89 bits per heavy atom. The molecule has 0 fully saturated rings. The lowest BCUT2D eigenvalue weighted by Crippen LogP contribution is -2.50. The highest BCUT2D eigenvalue weighted by molar-refractivity contribution is 5.87. The first kappa shape index (κ1) is 18.8. The Morgan fingerprint density at radius 2 is 2.22 bits per heavy atom. The van der Waals surface area contributed by atoms with Crippen LogP contribution in [0.3, 0.4) is 0 Å². The molecule has 1 aliphatic heterocycles. The molecule has 2 aromatic rings. The molecule has 1 aliphatic rings. The van der Waals surface area contributed by atoms with Crippen LogP contribution in [0.4, 0.5) is 0 Å². The van der Waals surface area contributed by atoms with Crippen molar-refractivity contribution in [2.24, 2.45) is 0 Å². The van der Waals surface area contributed by atoms with Crippen molar-refractivity contribution in [2.75, 3.05) is 6.54 Å². The summed E-state index contributed by atoms with van der Waals surface area (Å²) >= 11 is 0. The Bertz CT molecular complexity index is 894. The van der Waals surface area contributed by atoms with Gasteiger partial charge in [0.15, 0.2) is 0 Å². The predicted molar refractivity (Wildman–Crippen MR) is 99.7 cm³/mol. The largest absolute Gasteiger partial charge is 0.345 e. The van der Waals surface area contributed by atoms with Crippen molar-refractivity contribution >= 4 is 11.8 Å². The Kier molecular flexibility index (Phi) is 5.63. The number of rotatable bonds is 5. The van der Waals surface area contributed by atoms with Crippen LogP contribution in [0.15, 0.2) is 29.3 Å². The minimum Gasteiger partial charge on any atom is -0.345 e. The second kappa shape index (κ2) is 8.11. The number of hydrogen-bond donors (Lipinski definition) is 2. The Morgan fingerprint density at radius 1 is 1.41 bits per heavy atom. The summed E-state index contributed by atoms with van der Waals surface area (Å²) in [6.45, 7) is 4.06. The summed E-state index contributed by atoms with van der Waals surface area (Å²) in [4.78, 5) is 49.8. The van der Waals surface area contributed by atoms with Crippen molar-refractivity contribution in [3.8, 4) is 11.4 Å². The number of carbonyl (C=O) groups is 2. The maximum absolute atomic E-state index is 12.9. The van der Waals surface area contributed by atoms with Crippen LogP contribution >= 0.6 is 0 Å². The molecule has 1 unspecified atom stereocenters. The molecule has 0 spiro atoms. The predicted octanol–water partition coefficient (Wildman–Crippen LogP) is 1.02. The molecule has 3 heterocycles. The van der Waals surface area contributed by atoms with E-state index in [2.05, 4.69) is 20.3 Å². The topological polar surface area (TPSA) is 108 Å². The Labute approximate surface area is 157 Å². The smallest absolute Gasteiger partial charge is 0.254 e. The summed E-state index contributed by atoms with van der Waals surface area (Å²) in [6.07, 6.45) is 5.08. The molecule has 1 atom stereocenters. The maximum Gasteiger partial charge on any atom is 0.254 e. The van der Waals surface area contributed by atoms with Gasteiger partial charge in [-0.25, -0.2) is 4.98 Å². The monoisotopic (exact) mass is 369 g/mol. The summed E-state index contributed by atoms with van der Waals surface area (Å²) in [5.41, 5.74) is 1.73. The van der Waals surface area contributed by atoms with Crippen molar-refractivity contribution in [3.63, 3.8) is 0 Å². The minimum atomic E-state index is -0.547. The molecule has 0 saturated heterocycles. The zero-order valence-electron chi connectivity index (χ0n) is 15.5. The number of aromatic nitrogens is 3. The van der Waals surface area contributed by atoms with Gasteiger partial charge in [0, 0.05) is 37.0 Å². The number of fused-ring (bicyclic) bond motifs is 1. The van der Waals surface area contributed by atoms with Gasteiger partial charge >= 0.3 is 0 Å². The van der Waals surface area contributed by atoms with E-state index in [0.717, 1.165) is 6.42 Å². The lowest BCUT2D eigenvalue weighted by Gasteiger charge is -2.31. The normalized spacial score (nSPS) is 14.4. The van der Waals surface area contributed by atoms with E-state index in [1.165, 1.54) is 6.92 Å². The van der Waals surface area contributed by atoms with Gasteiger partial charge in [0.25, 0.3) is 5.56 Å². The summed E-state index contributed by atoms with van der Waals surface area (Å²) in [7, 11) is 0. The quantitative estimate of drug-likeness (QED) is 0.818. The third-order valence-corrected chi connectivity index (χ3v) is 4.57. The van der Waals surface area contributed by atoms with Crippen molar-refractivity contribution in [3.05, 3.63) is 46.1 Å². The van der Waals surface area contributed by atoms with Gasteiger partial charge in [-0.1, -0.05) is 13.3 Å². The lowest BCUT2D eigenvalue weighted by molar-refractivity contribution is -0.137. The Balaban J connectivity index is 1.86. The maximum atomic E-state index is 12.9. The van der Waals surface area contributed by atoms with Crippen molar-refractivity contribution in [1.82, 2.24) is 25.2 Å². The first-order valence-corrected chi connectivity index (χ1v) is 9.08. The number of pyridine rings is 1. The second-order valence-electron chi connectivity index (χ2n) is 6.63. The molecule has 0 saturated carbocycles. The highest BCUT2D eigenvalue weighted by Gasteiger charge is 2.29. The zero-order valence-corrected chi connectivity index (χ0v) is 15.5. The molecule has 3 rings (SSSR count). The third-order valence-electron chi connectivity index (χ3n) is 4.57. The molecule has 0 aromatic carbocycles. The van der Waals surface area contributed by atoms with Crippen molar-refractivity contribution in [1.29, 1.82) is 0 Å². The standard InChI is InChI=1S/C19H23N5O3/c1-3-5-15(21-12(2)25)19(27)24-9-7-14-16(11-24)22-17(23-18(14)26)13-6-4-8-20-10-13/h4,6,8,10,15H,3,5,7,9,11H2,1-2H3,(H,21,25)(H,22,23,26). The van der Waals surface area contributed by atoms with Crippen LogP contribution < -0.4 is 10.9 Å². The number of nitrogens with one attached hydrogen (secondary N) is 2. The van der Waals surface area contributed by atoms with E-state index in [1.807, 2.05) is 13.0 Å². The lowest BCUT2D eigenvalue weighted by atomic mass is 10.0. The molecule has 8 nitrogen and oxygen atoms in total. The molecule has 0 aliphatic carbocycles. The number of carbonyl (C=O) groups excluding carboxylic acids is 2. The molecule has 2 aromatic heterocycles. The summed E-state index contributed by atoms with van der Waals surface area (Å²) in [6, 6.07) is 3.04. The van der Waals surface area contributed by atoms with Crippen molar-refractivity contribution < 1.29 is 9.59 Å². The number of H-pyrrole nitrogens is 1. The number of hydrogen-bond acceptors (Lipinski definition) is 5. The van der Waals surface area contributed by atoms with E-state index in [4.69, 9.17) is 0 Å². The van der Waals surface area contributed by atoms with Crippen LogP contribution in [0.25, 0.3) is 11.4 Å². The Hall–Kier alpha value is -3.03. The number of nitrogens with zero attached hydrogens (tertiary/aromatic N) is 3. The molecule has 2 N–H and O–H groups in total. The SMILES string of the molecule is CCCC(NC(C)=O)C(=O)N1CCc2c(nc(-c3cccnc3)[nH]c2=O)C1. The molecule has 27 heavy (non-hydrogen) atoms. The van der Waals surface area contributed by atoms with E-state index >= 15 is 0 Å². The molecule has 0 bridgehead atoms. The van der Waals surface area contributed by atoms with E-state index in [0.29, 0.717) is 42.0 Å². The van der Waals surface area contributed by atoms with Gasteiger partial charge in [-0.15, -0.1) is 0 Å². The summed E-state index contributed by atoms with van der Waals surface area (Å²) in [5, 5.41) is 2.72. The van der Waals surface area contributed by atoms with Crippen LogP contribution in [0, 0.1) is 0 Å². The molecule has 142 valence electrons. The van der Waals surface area contributed by atoms with E-state index < -0.39 is 6.04 Å². The van der Waals surface area contributed by atoms with E-state index in [-0.39, 0.29) is 23.9 Å². The zero-order chi connectivity index (χ0) is 19.4. The first-order valence-electron chi connectivity index (χ1n) is 9.08. The molecule has 2 amide bonds. The van der Waals surface area contributed by atoms with Gasteiger partial charge in [0.05, 0.1) is 12.2 Å². The highest BCUT2D eigenvalue weighted by Crippen LogP contribution is 2.19. The van der Waals surface area contributed by atoms with Gasteiger partial charge in [-0.05, 0) is 25.0 Å². The van der Waals surface area contributed by atoms with Crippen molar-refractivity contribution in [2.45, 2.75) is 45.7 Å². The van der Waals surface area contributed by atoms with Gasteiger partial charge in [0.2, 0.25) is 11.8 Å². The van der Waals surface area contributed by atoms with Gasteiger partial charge < -0.3 is 15.2 Å². The van der Waals surface area contributed by atoms with Gasteiger partial charge in [-0.3, -0.25) is 19.4 Å². The van der Waals surface area contributed by atoms with Crippen LogP contribution in [-0.4, -0.2) is 44.3 Å². The minimum absolute atomic E-state index is 0.136. The fourth-order valence-electron chi connectivity index (χ4n) is 3.28. The van der Waals surface area contributed by atoms with E-state index in [9.17, 15) is 14.4 Å². The van der Waals surface area contributed by atoms with Gasteiger partial charge in [-0.2, -0.15) is 0 Å². The number of amides is 2. The molecular weight excluding hydrogens is 346 g/mol. The fourth-order valence-corrected chi connectivity index (χ4v) is 3.28. The summed E-state index contributed by atoms with van der Waals surface area (Å²) < 4.78 is 0. The number of aromatic amines is 1. The van der Waals surface area contributed by atoms with Crippen LogP contribution in [0.5, 0.6) is 0 Å². The van der Waals surface area contributed by atoms with Crippen LogP contribution in [0.1, 0.15) is 37.9 Å². The van der Waals surface area contributed by atoms with E-state index in [1.54, 1.807) is 23.4 Å². The van der Waals surface area contributed by atoms with Gasteiger partial charge in [0.1, 0.15) is 11.9 Å². The average Bonchev–Trinajstić information content (AvgIpc) is 2.67. The average molecular weight is 369 g/mol. The summed E-state index contributed by atoms with van der Waals surface area (Å²) in [5.74, 6) is 0.0727. The molecular formula is C19H23N5O3. The highest BCUT2D eigenvalue weighted by atomic mass is 16.2. The second-order valence-corrected chi connectivity index (χ2v) is 6.63. The van der Waals surface area contributed by atoms with Crippen LogP contribution in [0.2, 0.25) is 0 Å². The van der Waals surface area contributed by atoms with Crippen LogP contribution in [-0.2, 0) is 22.6 Å².